The first-order chi connectivity index (χ1) is 10.5. The van der Waals surface area contributed by atoms with Crippen molar-refractivity contribution in [3.63, 3.8) is 0 Å². The van der Waals surface area contributed by atoms with Crippen molar-refractivity contribution in [2.75, 3.05) is 11.1 Å². The molecule has 0 atom stereocenters. The zero-order valence-corrected chi connectivity index (χ0v) is 13.3. The van der Waals surface area contributed by atoms with Crippen molar-refractivity contribution >= 4 is 40.6 Å². The van der Waals surface area contributed by atoms with Crippen molar-refractivity contribution in [3.05, 3.63) is 63.2 Å². The molecule has 1 N–H and O–H groups in total. The number of nitrogens with zero attached hydrogens (tertiary/aromatic N) is 1. The molecule has 0 radical (unpaired) electrons. The van der Waals surface area contributed by atoms with Gasteiger partial charge in [-0.05, 0) is 24.6 Å². The van der Waals surface area contributed by atoms with Gasteiger partial charge >= 0.3 is 0 Å². The van der Waals surface area contributed by atoms with Crippen LogP contribution in [0.2, 0.25) is 5.02 Å². The van der Waals surface area contributed by atoms with E-state index in [-0.39, 0.29) is 22.4 Å². The lowest BCUT2D eigenvalue weighted by molar-refractivity contribution is -0.384. The number of amides is 1. The molecule has 0 spiro atoms. The summed E-state index contributed by atoms with van der Waals surface area (Å²) >= 11 is 7.36. The van der Waals surface area contributed by atoms with Crippen LogP contribution >= 0.6 is 23.4 Å². The predicted octanol–water partition coefficient (Wildman–Crippen LogP) is 4.29. The average Bonchev–Trinajstić information content (AvgIpc) is 2.48. The van der Waals surface area contributed by atoms with Crippen molar-refractivity contribution in [1.82, 2.24) is 0 Å². The molecule has 0 heterocycles. The maximum absolute atomic E-state index is 11.9. The number of halogens is 1. The number of thioether (sulfide) groups is 1. The molecule has 0 unspecified atom stereocenters. The molecular weight excluding hydrogens is 324 g/mol. The Hall–Kier alpha value is -2.05. The van der Waals surface area contributed by atoms with Gasteiger partial charge in [-0.2, -0.15) is 0 Å². The van der Waals surface area contributed by atoms with E-state index in [1.165, 1.54) is 30.0 Å². The molecule has 114 valence electrons. The fourth-order valence-electron chi connectivity index (χ4n) is 1.77. The number of rotatable bonds is 5. The molecular formula is C15H13ClN2O3S. The first-order valence-corrected chi connectivity index (χ1v) is 7.76. The van der Waals surface area contributed by atoms with E-state index in [2.05, 4.69) is 5.32 Å². The zero-order chi connectivity index (χ0) is 16.1. The summed E-state index contributed by atoms with van der Waals surface area (Å²) in [5.41, 5.74) is 1.36. The molecule has 0 aliphatic carbocycles. The van der Waals surface area contributed by atoms with E-state index in [0.29, 0.717) is 5.69 Å². The maximum Gasteiger partial charge on any atom is 0.271 e. The monoisotopic (exact) mass is 336 g/mol. The molecule has 0 bridgehead atoms. The number of carbonyl (C=O) groups is 1. The van der Waals surface area contributed by atoms with Gasteiger partial charge in [-0.1, -0.05) is 29.8 Å². The third-order valence-electron chi connectivity index (χ3n) is 2.89. The highest BCUT2D eigenvalue weighted by Crippen LogP contribution is 2.27. The largest absolute Gasteiger partial charge is 0.324 e. The summed E-state index contributed by atoms with van der Waals surface area (Å²) < 4.78 is 0. The Balaban J connectivity index is 1.98. The Kier molecular flexibility index (Phi) is 5.41. The Morgan fingerprint density at radius 3 is 2.68 bits per heavy atom. The van der Waals surface area contributed by atoms with Gasteiger partial charge in [0.1, 0.15) is 0 Å². The number of aryl methyl sites for hydroxylation is 1. The minimum atomic E-state index is -0.536. The highest BCUT2D eigenvalue weighted by molar-refractivity contribution is 8.00. The van der Waals surface area contributed by atoms with Crippen LogP contribution in [0.15, 0.2) is 47.4 Å². The van der Waals surface area contributed by atoms with Crippen LogP contribution in [0.4, 0.5) is 11.4 Å². The molecule has 2 aromatic rings. The molecule has 0 saturated carbocycles. The van der Waals surface area contributed by atoms with Crippen LogP contribution in [0.3, 0.4) is 0 Å². The van der Waals surface area contributed by atoms with Crippen LogP contribution in [0.5, 0.6) is 0 Å². The lowest BCUT2D eigenvalue weighted by Gasteiger charge is -2.08. The molecule has 0 saturated heterocycles. The van der Waals surface area contributed by atoms with Gasteiger partial charge in [-0.15, -0.1) is 11.8 Å². The molecule has 2 rings (SSSR count). The van der Waals surface area contributed by atoms with Crippen LogP contribution in [-0.2, 0) is 4.79 Å². The second-order valence-electron chi connectivity index (χ2n) is 4.52. The lowest BCUT2D eigenvalue weighted by Crippen LogP contribution is -2.14. The van der Waals surface area contributed by atoms with Crippen molar-refractivity contribution in [2.45, 2.75) is 11.8 Å². The Morgan fingerprint density at radius 1 is 1.32 bits per heavy atom. The molecule has 0 fully saturated rings. The van der Waals surface area contributed by atoms with E-state index in [9.17, 15) is 14.9 Å². The summed E-state index contributed by atoms with van der Waals surface area (Å²) in [5, 5.41) is 13.4. The molecule has 7 heteroatoms. The summed E-state index contributed by atoms with van der Waals surface area (Å²) in [5.74, 6) is 0.0158. The summed E-state index contributed by atoms with van der Waals surface area (Å²) in [7, 11) is 0. The van der Waals surface area contributed by atoms with E-state index >= 15 is 0 Å². The maximum atomic E-state index is 11.9. The number of nitro benzene ring substituents is 1. The predicted molar refractivity (Wildman–Crippen MR) is 88.6 cm³/mol. The van der Waals surface area contributed by atoms with Gasteiger partial charge < -0.3 is 5.32 Å². The normalized spacial score (nSPS) is 10.3. The van der Waals surface area contributed by atoms with Gasteiger partial charge in [0.2, 0.25) is 5.91 Å². The number of anilines is 1. The highest BCUT2D eigenvalue weighted by atomic mass is 35.5. The Labute approximate surface area is 136 Å². The molecule has 22 heavy (non-hydrogen) atoms. The van der Waals surface area contributed by atoms with Crippen molar-refractivity contribution in [1.29, 1.82) is 0 Å². The van der Waals surface area contributed by atoms with Crippen LogP contribution in [0, 0.1) is 17.0 Å². The number of nitro groups is 1. The second kappa shape index (κ2) is 7.29. The van der Waals surface area contributed by atoms with Crippen molar-refractivity contribution < 1.29 is 9.72 Å². The highest BCUT2D eigenvalue weighted by Gasteiger charge is 2.12. The third-order valence-corrected chi connectivity index (χ3v) is 4.38. The smallest absolute Gasteiger partial charge is 0.271 e. The summed E-state index contributed by atoms with van der Waals surface area (Å²) in [4.78, 5) is 23.1. The minimum absolute atomic E-state index is 0.114. The van der Waals surface area contributed by atoms with Crippen LogP contribution in [0.1, 0.15) is 5.56 Å². The number of carbonyl (C=O) groups excluding carboxylic acids is 1. The van der Waals surface area contributed by atoms with Gasteiger partial charge in [0.15, 0.2) is 0 Å². The first kappa shape index (κ1) is 16.3. The van der Waals surface area contributed by atoms with Crippen LogP contribution in [0.25, 0.3) is 0 Å². The molecule has 5 nitrogen and oxygen atoms in total. The van der Waals surface area contributed by atoms with E-state index < -0.39 is 4.92 Å². The number of nitrogens with one attached hydrogen (secondary N) is 1. The summed E-state index contributed by atoms with van der Waals surface area (Å²) in [6, 6.07) is 11.7. The van der Waals surface area contributed by atoms with Gasteiger partial charge in [0, 0.05) is 17.0 Å². The number of hydrogen-bond acceptors (Lipinski definition) is 4. The summed E-state index contributed by atoms with van der Waals surface area (Å²) in [6.07, 6.45) is 0. The third kappa shape index (κ3) is 4.22. The van der Waals surface area contributed by atoms with Gasteiger partial charge in [0.05, 0.1) is 21.4 Å². The Morgan fingerprint density at radius 2 is 2.05 bits per heavy atom. The average molecular weight is 337 g/mol. The molecule has 0 aliphatic heterocycles. The van der Waals surface area contributed by atoms with E-state index in [1.807, 2.05) is 31.2 Å². The molecule has 0 aliphatic rings. The van der Waals surface area contributed by atoms with Crippen LogP contribution in [-0.4, -0.2) is 16.6 Å². The fourth-order valence-corrected chi connectivity index (χ4v) is 2.82. The molecule has 2 aromatic carbocycles. The fraction of sp³-hybridized carbons (Fsp3) is 0.133. The van der Waals surface area contributed by atoms with Gasteiger partial charge in [-0.25, -0.2) is 0 Å². The van der Waals surface area contributed by atoms with E-state index in [1.54, 1.807) is 0 Å². The van der Waals surface area contributed by atoms with Crippen molar-refractivity contribution in [3.8, 4) is 0 Å². The van der Waals surface area contributed by atoms with Gasteiger partial charge in [-0.3, -0.25) is 14.9 Å². The van der Waals surface area contributed by atoms with Crippen molar-refractivity contribution in [2.24, 2.45) is 0 Å². The molecule has 1 amide bonds. The minimum Gasteiger partial charge on any atom is -0.324 e. The number of non-ortho nitro benzene ring substituents is 1. The number of hydrogen-bond donors (Lipinski definition) is 1. The van der Waals surface area contributed by atoms with Crippen LogP contribution < -0.4 is 5.32 Å². The summed E-state index contributed by atoms with van der Waals surface area (Å²) in [6.45, 7) is 1.98. The quantitative estimate of drug-likeness (QED) is 0.502. The molecule has 0 aromatic heterocycles. The lowest BCUT2D eigenvalue weighted by atomic mass is 10.2. The topological polar surface area (TPSA) is 72.2 Å². The number of benzene rings is 2. The van der Waals surface area contributed by atoms with Gasteiger partial charge in [0.25, 0.3) is 5.69 Å². The Bertz CT molecular complexity index is 722. The SMILES string of the molecule is Cc1ccccc1SCC(=O)Nc1ccc([N+](=O)[O-])cc1Cl. The van der Waals surface area contributed by atoms with E-state index in [4.69, 9.17) is 11.6 Å². The van der Waals surface area contributed by atoms with E-state index in [0.717, 1.165) is 10.5 Å². The zero-order valence-electron chi connectivity index (χ0n) is 11.7. The standard InChI is InChI=1S/C15H13ClN2O3S/c1-10-4-2-3-5-14(10)22-9-15(19)17-13-7-6-11(18(20)21)8-12(13)16/h2-8H,9H2,1H3,(H,17,19). The first-order valence-electron chi connectivity index (χ1n) is 6.39. The second-order valence-corrected chi connectivity index (χ2v) is 5.95.